The van der Waals surface area contributed by atoms with Crippen molar-refractivity contribution in [3.63, 3.8) is 0 Å². The van der Waals surface area contributed by atoms with Gasteiger partial charge < -0.3 is 4.74 Å². The molecule has 2 atom stereocenters. The second kappa shape index (κ2) is 2.67. The third-order valence-corrected chi connectivity index (χ3v) is 4.38. The van der Waals surface area contributed by atoms with E-state index in [2.05, 4.69) is 13.2 Å². The normalized spacial score (nSPS) is 44.7. The van der Waals surface area contributed by atoms with Crippen molar-refractivity contribution in [3.05, 3.63) is 0 Å². The number of thioether (sulfide) groups is 1. The van der Waals surface area contributed by atoms with Crippen molar-refractivity contribution in [2.45, 2.75) is 37.0 Å². The van der Waals surface area contributed by atoms with Crippen molar-refractivity contribution in [1.82, 2.24) is 0 Å². The average Bonchev–Trinajstić information content (AvgIpc) is 2.77. The molecule has 2 unspecified atom stereocenters. The molecule has 0 N–H and O–H groups in total. The molecular formula is C9H16OS. The van der Waals surface area contributed by atoms with Crippen molar-refractivity contribution in [2.75, 3.05) is 12.9 Å². The second-order valence-corrected chi connectivity index (χ2v) is 4.86. The fourth-order valence-electron chi connectivity index (χ4n) is 2.15. The minimum Gasteiger partial charge on any atom is -0.374 e. The molecule has 1 nitrogen and oxygen atoms in total. The lowest BCUT2D eigenvalue weighted by Crippen LogP contribution is -2.35. The highest BCUT2D eigenvalue weighted by Gasteiger charge is 2.50. The highest BCUT2D eigenvalue weighted by molar-refractivity contribution is 7.99. The molecule has 1 aliphatic heterocycles. The average molecular weight is 172 g/mol. The predicted octanol–water partition coefficient (Wildman–Crippen LogP) is 2.31. The Morgan fingerprint density at radius 3 is 2.64 bits per heavy atom. The highest BCUT2D eigenvalue weighted by Crippen LogP contribution is 2.49. The van der Waals surface area contributed by atoms with Crippen LogP contribution in [0.25, 0.3) is 0 Å². The summed E-state index contributed by atoms with van der Waals surface area (Å²) >= 11 is 1.98. The Labute approximate surface area is 72.9 Å². The number of hydrogen-bond acceptors (Lipinski definition) is 2. The summed E-state index contributed by atoms with van der Waals surface area (Å²) in [5, 5.41) is 0.759. The van der Waals surface area contributed by atoms with Gasteiger partial charge >= 0.3 is 0 Å². The maximum Gasteiger partial charge on any atom is 0.0801 e. The minimum absolute atomic E-state index is 0.236. The lowest BCUT2D eigenvalue weighted by molar-refractivity contribution is 0.00470. The Morgan fingerprint density at radius 1 is 1.36 bits per heavy atom. The van der Waals surface area contributed by atoms with E-state index in [1.807, 2.05) is 11.8 Å². The third kappa shape index (κ3) is 1.20. The number of hydrogen-bond donors (Lipinski definition) is 0. The van der Waals surface area contributed by atoms with Crippen molar-refractivity contribution in [3.8, 4) is 0 Å². The molecular weight excluding hydrogens is 156 g/mol. The maximum absolute atomic E-state index is 5.85. The van der Waals surface area contributed by atoms with E-state index < -0.39 is 0 Å². The van der Waals surface area contributed by atoms with Crippen LogP contribution in [0.15, 0.2) is 0 Å². The Balaban J connectivity index is 2.08. The van der Waals surface area contributed by atoms with Gasteiger partial charge in [0.05, 0.1) is 5.60 Å². The lowest BCUT2D eigenvalue weighted by atomic mass is 9.96. The minimum atomic E-state index is 0.236. The molecule has 2 aliphatic rings. The molecule has 0 amide bonds. The predicted molar refractivity (Wildman–Crippen MR) is 49.0 cm³/mol. The molecule has 1 saturated heterocycles. The van der Waals surface area contributed by atoms with Crippen molar-refractivity contribution < 1.29 is 4.74 Å². The maximum atomic E-state index is 5.85. The molecule has 64 valence electrons. The first-order valence-electron chi connectivity index (χ1n) is 4.44. The molecule has 0 aromatic rings. The molecule has 1 saturated carbocycles. The van der Waals surface area contributed by atoms with Crippen LogP contribution in [-0.2, 0) is 4.74 Å². The zero-order valence-electron chi connectivity index (χ0n) is 7.30. The smallest absolute Gasteiger partial charge is 0.0801 e. The van der Waals surface area contributed by atoms with Crippen LogP contribution in [0.3, 0.4) is 0 Å². The quantitative estimate of drug-likeness (QED) is 0.632. The van der Waals surface area contributed by atoms with Gasteiger partial charge in [0.15, 0.2) is 0 Å². The monoisotopic (exact) mass is 172 g/mol. The van der Waals surface area contributed by atoms with E-state index in [4.69, 9.17) is 4.74 Å². The van der Waals surface area contributed by atoms with E-state index in [1.54, 1.807) is 0 Å². The summed E-state index contributed by atoms with van der Waals surface area (Å²) in [7, 11) is 0. The summed E-state index contributed by atoms with van der Waals surface area (Å²) in [5.74, 6) is 0.877. The van der Waals surface area contributed by atoms with Gasteiger partial charge in [-0.2, -0.15) is 11.8 Å². The van der Waals surface area contributed by atoms with Crippen LogP contribution in [0.2, 0.25) is 0 Å². The van der Waals surface area contributed by atoms with Gasteiger partial charge in [0, 0.05) is 11.9 Å². The van der Waals surface area contributed by atoms with Gasteiger partial charge in [-0.25, -0.2) is 0 Å². The first-order chi connectivity index (χ1) is 5.27. The highest BCUT2D eigenvalue weighted by atomic mass is 32.2. The number of ether oxygens (including phenoxy) is 1. The Kier molecular flexibility index (Phi) is 1.92. The summed E-state index contributed by atoms with van der Waals surface area (Å²) in [5.41, 5.74) is 0.236. The molecule has 2 fully saturated rings. The molecule has 1 aliphatic carbocycles. The zero-order valence-corrected chi connectivity index (χ0v) is 8.12. The third-order valence-electron chi connectivity index (χ3n) is 3.10. The Morgan fingerprint density at radius 2 is 2.09 bits per heavy atom. The first kappa shape index (κ1) is 7.93. The largest absolute Gasteiger partial charge is 0.374 e. The fourth-order valence-corrected chi connectivity index (χ4v) is 3.21. The summed E-state index contributed by atoms with van der Waals surface area (Å²) in [6, 6.07) is 0. The van der Waals surface area contributed by atoms with Gasteiger partial charge in [-0.15, -0.1) is 0 Å². The first-order valence-corrected chi connectivity index (χ1v) is 5.73. The van der Waals surface area contributed by atoms with Crippen LogP contribution in [0.1, 0.15) is 26.2 Å². The van der Waals surface area contributed by atoms with Crippen LogP contribution < -0.4 is 0 Å². The van der Waals surface area contributed by atoms with Gasteiger partial charge in [-0.3, -0.25) is 0 Å². The van der Waals surface area contributed by atoms with Gasteiger partial charge in [-0.05, 0) is 38.4 Å². The van der Waals surface area contributed by atoms with E-state index in [0.717, 1.165) is 17.8 Å². The van der Waals surface area contributed by atoms with Crippen molar-refractivity contribution >= 4 is 11.8 Å². The summed E-state index contributed by atoms with van der Waals surface area (Å²) in [6.45, 7) is 3.29. The van der Waals surface area contributed by atoms with Crippen LogP contribution in [0.5, 0.6) is 0 Å². The van der Waals surface area contributed by atoms with E-state index in [-0.39, 0.29) is 5.60 Å². The zero-order chi connectivity index (χ0) is 7.90. The standard InChI is InChI=1S/C9H16OS/c1-9(7-3-4-7)8(11-2)5-6-10-9/h7-8H,3-6H2,1-2H3. The lowest BCUT2D eigenvalue weighted by Gasteiger charge is -2.29. The fraction of sp³-hybridized carbons (Fsp3) is 1.00. The molecule has 0 radical (unpaired) electrons. The van der Waals surface area contributed by atoms with Crippen LogP contribution in [-0.4, -0.2) is 23.7 Å². The molecule has 2 rings (SSSR count). The van der Waals surface area contributed by atoms with Crippen LogP contribution in [0, 0.1) is 5.92 Å². The van der Waals surface area contributed by atoms with Gasteiger partial charge in [0.2, 0.25) is 0 Å². The number of rotatable bonds is 2. The van der Waals surface area contributed by atoms with E-state index in [0.29, 0.717) is 0 Å². The Bertz CT molecular complexity index is 156. The van der Waals surface area contributed by atoms with Crippen LogP contribution >= 0.6 is 11.8 Å². The van der Waals surface area contributed by atoms with Gasteiger partial charge in [0.25, 0.3) is 0 Å². The Hall–Kier alpha value is 0.310. The molecule has 0 bridgehead atoms. The molecule has 2 heteroatoms. The second-order valence-electron chi connectivity index (χ2n) is 3.82. The summed E-state index contributed by atoms with van der Waals surface area (Å²) in [6.07, 6.45) is 6.26. The topological polar surface area (TPSA) is 9.23 Å². The molecule has 0 aromatic carbocycles. The SMILES string of the molecule is CSC1CCOC1(C)C1CC1. The van der Waals surface area contributed by atoms with Gasteiger partial charge in [-0.1, -0.05) is 0 Å². The molecule has 11 heavy (non-hydrogen) atoms. The summed E-state index contributed by atoms with van der Waals surface area (Å²) in [4.78, 5) is 0. The summed E-state index contributed by atoms with van der Waals surface area (Å²) < 4.78 is 5.85. The van der Waals surface area contributed by atoms with E-state index >= 15 is 0 Å². The van der Waals surface area contributed by atoms with Gasteiger partial charge in [0.1, 0.15) is 0 Å². The van der Waals surface area contributed by atoms with E-state index in [9.17, 15) is 0 Å². The molecule has 0 spiro atoms. The van der Waals surface area contributed by atoms with Crippen molar-refractivity contribution in [2.24, 2.45) is 5.92 Å². The molecule has 1 heterocycles. The van der Waals surface area contributed by atoms with Crippen molar-refractivity contribution in [1.29, 1.82) is 0 Å². The van der Waals surface area contributed by atoms with E-state index in [1.165, 1.54) is 19.3 Å². The molecule has 0 aromatic heterocycles. The van der Waals surface area contributed by atoms with Crippen LogP contribution in [0.4, 0.5) is 0 Å².